The third-order valence-corrected chi connectivity index (χ3v) is 16.0. The largest absolute Gasteiger partial charge is 0.491 e. The molecule has 0 aliphatic carbocycles. The maximum absolute atomic E-state index is 14.2. The summed E-state index contributed by atoms with van der Waals surface area (Å²) in [6.45, 7) is 18.6. The zero-order valence-electron chi connectivity index (χ0n) is 41.5. The Kier molecular flexibility index (Phi) is 24.8. The SMILES string of the molecule is C=C(C)C(=O)OCCOC(=O)CCCOc1c2c(c(OCCCC(=O)OCCOC(=O)C(=C)C)c3c1SC(=C1C(=O)N(CCCC)N(CCCC)C1=O)S3)SC(=C(C#N)C(=O)OCC(CC)CCCC)S2. The average molecular weight is 1060 g/mol. The lowest BCUT2D eigenvalue weighted by Crippen LogP contribution is -2.42. The Morgan fingerprint density at radius 2 is 1.03 bits per heavy atom. The number of ether oxygens (including phenoxy) is 7. The van der Waals surface area contributed by atoms with E-state index in [1.807, 2.05) is 20.8 Å². The highest BCUT2D eigenvalue weighted by molar-refractivity contribution is 8.26. The number of amides is 2. The monoisotopic (exact) mass is 1060 g/mol. The number of unbranched alkanes of at least 4 members (excludes halogenated alkanes) is 3. The molecule has 3 heterocycles. The predicted molar refractivity (Wildman–Crippen MR) is 270 cm³/mol. The van der Waals surface area contributed by atoms with Gasteiger partial charge in [-0.2, -0.15) is 5.26 Å². The number of carbonyl (C=O) groups is 7. The molecule has 1 aromatic rings. The van der Waals surface area contributed by atoms with Crippen LogP contribution < -0.4 is 9.47 Å². The van der Waals surface area contributed by atoms with Gasteiger partial charge in [0.05, 0.1) is 47.9 Å². The molecule has 71 heavy (non-hydrogen) atoms. The van der Waals surface area contributed by atoms with E-state index in [1.54, 1.807) is 0 Å². The van der Waals surface area contributed by atoms with Crippen LogP contribution in [0.4, 0.5) is 0 Å². The van der Waals surface area contributed by atoms with Crippen molar-refractivity contribution < 1.29 is 66.7 Å². The number of rotatable bonds is 31. The molecule has 21 heteroatoms. The summed E-state index contributed by atoms with van der Waals surface area (Å²) in [4.78, 5) is 92.9. The van der Waals surface area contributed by atoms with Gasteiger partial charge < -0.3 is 33.2 Å². The lowest BCUT2D eigenvalue weighted by atomic mass is 10.0. The summed E-state index contributed by atoms with van der Waals surface area (Å²) in [5.74, 6) is -3.07. The number of hydrogen-bond donors (Lipinski definition) is 0. The number of nitrogens with zero attached hydrogens (tertiary/aromatic N) is 3. The molecule has 3 aliphatic rings. The molecule has 1 atom stereocenters. The standard InChI is InChI=1S/C50H65N3O14S4/c1-9-13-18-33(12-4)30-67-48(60)34(29-51)49-68-40-38(63-23-16-19-35(54)61-25-27-65-46(58)31(5)6)42-43(39(41(40)69-49)64-24-17-20-36(55)62-26-28-66-47(59)32(7)8)71-50(70-42)37-44(56)52(21-14-10-2)53(45(37)57)22-15-11-3/h33H,5,7,9-28,30H2,1-4,6,8H3. The van der Waals surface area contributed by atoms with Crippen molar-refractivity contribution in [2.24, 2.45) is 5.92 Å². The van der Waals surface area contributed by atoms with Crippen molar-refractivity contribution in [3.8, 4) is 17.6 Å². The molecule has 0 N–H and O–H groups in total. The normalized spacial score (nSPS) is 14.1. The molecule has 388 valence electrons. The van der Waals surface area contributed by atoms with Crippen molar-refractivity contribution in [3.63, 3.8) is 0 Å². The number of esters is 5. The minimum atomic E-state index is -0.766. The van der Waals surface area contributed by atoms with Crippen molar-refractivity contribution in [1.29, 1.82) is 5.26 Å². The smallest absolute Gasteiger partial charge is 0.350 e. The predicted octanol–water partition coefficient (Wildman–Crippen LogP) is 9.62. The number of thioether (sulfide) groups is 4. The summed E-state index contributed by atoms with van der Waals surface area (Å²) in [5.41, 5.74) is 0.263. The van der Waals surface area contributed by atoms with E-state index in [0.29, 0.717) is 65.5 Å². The maximum Gasteiger partial charge on any atom is 0.350 e. The molecule has 3 aliphatic heterocycles. The molecule has 0 saturated carbocycles. The summed E-state index contributed by atoms with van der Waals surface area (Å²) in [7, 11) is 0. The molecule has 0 bridgehead atoms. The summed E-state index contributed by atoms with van der Waals surface area (Å²) in [5, 5.41) is 13.5. The summed E-state index contributed by atoms with van der Waals surface area (Å²) in [6, 6.07) is 2.06. The lowest BCUT2D eigenvalue weighted by Gasteiger charge is -2.27. The Bertz CT molecular complexity index is 2160. The number of nitriles is 1. The average Bonchev–Trinajstić information content (AvgIpc) is 4.04. The maximum atomic E-state index is 14.2. The van der Waals surface area contributed by atoms with Gasteiger partial charge in [-0.3, -0.25) is 19.2 Å². The highest BCUT2D eigenvalue weighted by atomic mass is 32.2. The first kappa shape index (κ1) is 58.5. The van der Waals surface area contributed by atoms with Crippen LogP contribution in [0.3, 0.4) is 0 Å². The van der Waals surface area contributed by atoms with Crippen molar-refractivity contribution in [1.82, 2.24) is 10.0 Å². The minimum Gasteiger partial charge on any atom is -0.491 e. The number of benzene rings is 1. The molecule has 1 unspecified atom stereocenters. The Hall–Kier alpha value is -5.04. The van der Waals surface area contributed by atoms with E-state index in [2.05, 4.69) is 26.2 Å². The van der Waals surface area contributed by atoms with Crippen molar-refractivity contribution in [2.45, 2.75) is 138 Å². The first-order valence-electron chi connectivity index (χ1n) is 24.0. The van der Waals surface area contributed by atoms with E-state index >= 15 is 0 Å². The van der Waals surface area contributed by atoms with Crippen LogP contribution >= 0.6 is 47.0 Å². The molecular formula is C50H65N3O14S4. The number of fused-ring (bicyclic) bond motifs is 2. The van der Waals surface area contributed by atoms with Gasteiger partial charge in [-0.25, -0.2) is 24.4 Å². The molecule has 17 nitrogen and oxygen atoms in total. The number of hydrazine groups is 1. The quantitative estimate of drug-likeness (QED) is 0.0169. The van der Waals surface area contributed by atoms with E-state index in [9.17, 15) is 38.8 Å². The molecular weight excluding hydrogens is 995 g/mol. The van der Waals surface area contributed by atoms with Gasteiger partial charge in [-0.1, -0.05) is 120 Å². The van der Waals surface area contributed by atoms with Crippen LogP contribution in [0.15, 0.2) is 63.5 Å². The zero-order chi connectivity index (χ0) is 52.0. The second kappa shape index (κ2) is 30.1. The molecule has 4 rings (SSSR count). The van der Waals surface area contributed by atoms with Crippen LogP contribution in [0, 0.1) is 17.2 Å². The van der Waals surface area contributed by atoms with Crippen LogP contribution in [-0.4, -0.2) is 111 Å². The van der Waals surface area contributed by atoms with E-state index < -0.39 is 41.7 Å². The van der Waals surface area contributed by atoms with Gasteiger partial charge in [0, 0.05) is 37.1 Å². The molecule has 0 radical (unpaired) electrons. The number of carbonyl (C=O) groups excluding carboxylic acids is 7. The Balaban J connectivity index is 1.72. The van der Waals surface area contributed by atoms with Crippen LogP contribution in [0.2, 0.25) is 0 Å². The molecule has 0 aromatic heterocycles. The van der Waals surface area contributed by atoms with Crippen LogP contribution in [0.25, 0.3) is 0 Å². The first-order chi connectivity index (χ1) is 34.1. The van der Waals surface area contributed by atoms with E-state index in [-0.39, 0.29) is 100 Å². The topological polar surface area (TPSA) is 214 Å². The Labute approximate surface area is 433 Å². The highest BCUT2D eigenvalue weighted by Crippen LogP contribution is 2.68. The van der Waals surface area contributed by atoms with Crippen LogP contribution in [-0.2, 0) is 57.2 Å². The molecule has 1 saturated heterocycles. The first-order valence-corrected chi connectivity index (χ1v) is 27.2. The summed E-state index contributed by atoms with van der Waals surface area (Å²) >= 11 is 4.60. The number of hydrogen-bond acceptors (Lipinski definition) is 19. The Morgan fingerprint density at radius 1 is 0.592 bits per heavy atom. The zero-order valence-corrected chi connectivity index (χ0v) is 44.8. The van der Waals surface area contributed by atoms with Gasteiger partial charge >= 0.3 is 29.8 Å². The fourth-order valence-electron chi connectivity index (χ4n) is 6.76. The summed E-state index contributed by atoms with van der Waals surface area (Å²) < 4.78 is 40.0. The third-order valence-electron chi connectivity index (χ3n) is 10.8. The second-order valence-corrected chi connectivity index (χ2v) is 21.2. The summed E-state index contributed by atoms with van der Waals surface area (Å²) in [6.07, 6.45) is 6.99. The van der Waals surface area contributed by atoms with Gasteiger partial charge in [0.1, 0.15) is 49.6 Å². The lowest BCUT2D eigenvalue weighted by molar-refractivity contribution is -0.150. The minimum absolute atomic E-state index is 0.00547. The van der Waals surface area contributed by atoms with Gasteiger partial charge in [-0.05, 0) is 51.9 Å². The molecule has 0 spiro atoms. The van der Waals surface area contributed by atoms with Crippen LogP contribution in [0.5, 0.6) is 11.5 Å². The van der Waals surface area contributed by atoms with Crippen molar-refractivity contribution in [2.75, 3.05) is 59.3 Å². The Morgan fingerprint density at radius 3 is 1.44 bits per heavy atom. The molecule has 2 amide bonds. The highest BCUT2D eigenvalue weighted by Gasteiger charge is 2.46. The van der Waals surface area contributed by atoms with E-state index in [0.717, 1.165) is 62.0 Å². The van der Waals surface area contributed by atoms with Gasteiger partial charge in [0.15, 0.2) is 5.57 Å². The van der Waals surface area contributed by atoms with Crippen molar-refractivity contribution in [3.05, 3.63) is 43.9 Å². The van der Waals surface area contributed by atoms with Gasteiger partial charge in [0.2, 0.25) is 0 Å². The van der Waals surface area contributed by atoms with Crippen LogP contribution in [0.1, 0.15) is 119 Å². The molecule has 1 fully saturated rings. The second-order valence-electron chi connectivity index (χ2n) is 16.6. The van der Waals surface area contributed by atoms with Crippen molar-refractivity contribution >= 4 is 88.7 Å². The fraction of sp³-hybridized carbons (Fsp3) is 0.560. The van der Waals surface area contributed by atoms with E-state index in [1.165, 1.54) is 47.4 Å². The fourth-order valence-corrected chi connectivity index (χ4v) is 12.2. The molecule has 1 aromatic carbocycles. The van der Waals surface area contributed by atoms with E-state index in [4.69, 9.17) is 33.2 Å². The van der Waals surface area contributed by atoms with Gasteiger partial charge in [0.25, 0.3) is 11.8 Å². The van der Waals surface area contributed by atoms with Gasteiger partial charge in [-0.15, -0.1) is 0 Å². The third kappa shape index (κ3) is 16.8.